The molecule has 5 heteroatoms. The monoisotopic (exact) mass is 484 g/mol. The highest BCUT2D eigenvalue weighted by molar-refractivity contribution is 7.60. The number of ether oxygens (including phenoxy) is 3. The quantitative estimate of drug-likeness (QED) is 0.389. The van der Waals surface area contributed by atoms with E-state index in [0.717, 1.165) is 24.9 Å². The summed E-state index contributed by atoms with van der Waals surface area (Å²) in [5.74, 6) is 0.946. The zero-order chi connectivity index (χ0) is 24.2. The van der Waals surface area contributed by atoms with Gasteiger partial charge in [-0.3, -0.25) is 0 Å². The molecule has 4 saturated heterocycles. The fourth-order valence-corrected chi connectivity index (χ4v) is 14.5. The van der Waals surface area contributed by atoms with E-state index in [1.807, 2.05) is 0 Å². The van der Waals surface area contributed by atoms with Gasteiger partial charge in [0.1, 0.15) is 0 Å². The fraction of sp³-hybridized carbons (Fsp3) is 1.00. The Morgan fingerprint density at radius 2 is 1.28 bits per heavy atom. The van der Waals surface area contributed by atoms with Gasteiger partial charge in [0, 0.05) is 18.3 Å². The molecule has 0 N–H and O–H groups in total. The molecule has 4 bridgehead atoms. The highest BCUT2D eigenvalue weighted by atomic mass is 31.1. The van der Waals surface area contributed by atoms with E-state index < -0.39 is 11.6 Å². The molecule has 8 unspecified atom stereocenters. The summed E-state index contributed by atoms with van der Waals surface area (Å²) >= 11 is 0. The number of hydrogen-bond acceptors (Lipinski definition) is 3. The highest BCUT2D eigenvalue weighted by Gasteiger charge is 2.79. The van der Waals surface area contributed by atoms with Crippen LogP contribution in [0.3, 0.4) is 0 Å². The molecule has 32 heavy (non-hydrogen) atoms. The molecule has 0 aromatic rings. The summed E-state index contributed by atoms with van der Waals surface area (Å²) in [5, 5.41) is 0.718. The minimum atomic E-state index is -0.543. The molecule has 186 valence electrons. The largest absolute Gasteiger partial charge is 0.343 e. The van der Waals surface area contributed by atoms with Crippen LogP contribution >= 0.6 is 17.2 Å². The Bertz CT molecular complexity index is 693. The van der Waals surface area contributed by atoms with Crippen LogP contribution in [0.4, 0.5) is 0 Å². The normalized spacial score (nSPS) is 51.1. The molecule has 0 spiro atoms. The number of hydrogen-bond donors (Lipinski definition) is 0. The molecule has 1 aliphatic carbocycles. The third-order valence-corrected chi connectivity index (χ3v) is 14.3. The van der Waals surface area contributed by atoms with Crippen LogP contribution in [-0.2, 0) is 14.2 Å². The van der Waals surface area contributed by atoms with Crippen molar-refractivity contribution < 1.29 is 14.2 Å². The van der Waals surface area contributed by atoms with Gasteiger partial charge in [-0.25, -0.2) is 0 Å². The van der Waals surface area contributed by atoms with Crippen LogP contribution in [0.5, 0.6) is 0 Å². The van der Waals surface area contributed by atoms with Crippen LogP contribution in [0.1, 0.15) is 102 Å². The van der Waals surface area contributed by atoms with E-state index in [1.54, 1.807) is 0 Å². The average molecular weight is 485 g/mol. The van der Waals surface area contributed by atoms with Crippen molar-refractivity contribution in [3.63, 3.8) is 0 Å². The van der Waals surface area contributed by atoms with Crippen LogP contribution in [0.15, 0.2) is 0 Å². The van der Waals surface area contributed by atoms with Gasteiger partial charge in [0.05, 0.1) is 11.2 Å². The summed E-state index contributed by atoms with van der Waals surface area (Å²) in [6.45, 7) is 26.4. The van der Waals surface area contributed by atoms with Crippen molar-refractivity contribution in [2.75, 3.05) is 12.3 Å². The predicted octanol–water partition coefficient (Wildman–Crippen LogP) is 7.41. The first kappa shape index (κ1) is 25.8. The van der Waals surface area contributed by atoms with E-state index in [0.29, 0.717) is 22.1 Å². The van der Waals surface area contributed by atoms with Crippen molar-refractivity contribution in [1.29, 1.82) is 0 Å². The molecule has 1 saturated carbocycles. The molecule has 5 aliphatic rings. The molecule has 8 atom stereocenters. The summed E-state index contributed by atoms with van der Waals surface area (Å²) in [7, 11) is 3.02. The molecule has 0 amide bonds. The predicted molar refractivity (Wildman–Crippen MR) is 140 cm³/mol. The fourth-order valence-electron chi connectivity index (χ4n) is 9.41. The van der Waals surface area contributed by atoms with E-state index in [9.17, 15) is 0 Å². The van der Waals surface area contributed by atoms with Crippen LogP contribution < -0.4 is 0 Å². The second-order valence-electron chi connectivity index (χ2n) is 14.4. The summed E-state index contributed by atoms with van der Waals surface area (Å²) in [5.41, 5.74) is -0.504. The van der Waals surface area contributed by atoms with Crippen LogP contribution in [0, 0.1) is 23.2 Å². The SMILES string of the molecule is CC1CCC(CP(C(C)(C)C)C(C)(C)C)C1C1(CP)C2(C)CC3(C)OC(C)(CC1(C)O3)O2. The average Bonchev–Trinajstić information content (AvgIpc) is 2.88. The summed E-state index contributed by atoms with van der Waals surface area (Å²) in [4.78, 5) is 0. The third kappa shape index (κ3) is 3.61. The molecule has 5 rings (SSSR count). The molecular weight excluding hydrogens is 434 g/mol. The molecule has 4 heterocycles. The Balaban J connectivity index is 1.79. The van der Waals surface area contributed by atoms with Gasteiger partial charge in [-0.05, 0) is 74.5 Å². The van der Waals surface area contributed by atoms with E-state index in [-0.39, 0.29) is 24.5 Å². The van der Waals surface area contributed by atoms with Gasteiger partial charge in [-0.2, -0.15) is 0 Å². The van der Waals surface area contributed by atoms with Crippen molar-refractivity contribution in [3.05, 3.63) is 0 Å². The van der Waals surface area contributed by atoms with Crippen molar-refractivity contribution in [3.8, 4) is 0 Å². The Morgan fingerprint density at radius 1 is 0.812 bits per heavy atom. The van der Waals surface area contributed by atoms with Gasteiger partial charge in [0.2, 0.25) is 0 Å². The van der Waals surface area contributed by atoms with Crippen molar-refractivity contribution >= 4 is 17.2 Å². The highest BCUT2D eigenvalue weighted by Crippen LogP contribution is 2.74. The lowest BCUT2D eigenvalue weighted by molar-refractivity contribution is -0.549. The van der Waals surface area contributed by atoms with Gasteiger partial charge in [0.25, 0.3) is 0 Å². The third-order valence-electron chi connectivity index (χ3n) is 9.56. The zero-order valence-corrected chi connectivity index (χ0v) is 24.8. The van der Waals surface area contributed by atoms with E-state index >= 15 is 0 Å². The first-order valence-corrected chi connectivity index (χ1v) is 15.3. The molecular formula is C27H50O3P2. The lowest BCUT2D eigenvalue weighted by atomic mass is 9.47. The van der Waals surface area contributed by atoms with E-state index in [4.69, 9.17) is 14.2 Å². The Labute approximate surface area is 201 Å². The molecule has 5 fully saturated rings. The topological polar surface area (TPSA) is 27.7 Å². The minimum absolute atomic E-state index is 0.0230. The standard InChI is InChI=1S/C27H50O3P2/c1-18-12-13-19(14-32(21(2,3)4)22(5,6)7)20(18)27(17-31)23(8)15-25(10)29-24(27,9)16-26(11,28-23)30-25/h18-20H,12-17,31H2,1-11H3. The van der Waals surface area contributed by atoms with Gasteiger partial charge in [-0.1, -0.05) is 62.8 Å². The Morgan fingerprint density at radius 3 is 1.69 bits per heavy atom. The Hall–Kier alpha value is 0.740. The van der Waals surface area contributed by atoms with E-state index in [2.05, 4.69) is 85.4 Å². The van der Waals surface area contributed by atoms with Gasteiger partial charge in [0.15, 0.2) is 11.6 Å². The smallest absolute Gasteiger partial charge is 0.172 e. The van der Waals surface area contributed by atoms with Crippen molar-refractivity contribution in [1.82, 2.24) is 0 Å². The Kier molecular flexibility index (Phi) is 5.96. The maximum atomic E-state index is 6.97. The summed E-state index contributed by atoms with van der Waals surface area (Å²) < 4.78 is 20.3. The maximum Gasteiger partial charge on any atom is 0.172 e. The van der Waals surface area contributed by atoms with Gasteiger partial charge >= 0.3 is 0 Å². The summed E-state index contributed by atoms with van der Waals surface area (Å²) in [6.07, 6.45) is 6.71. The maximum absolute atomic E-state index is 6.97. The molecule has 4 aliphatic heterocycles. The first-order valence-electron chi connectivity index (χ1n) is 12.9. The second kappa shape index (κ2) is 7.38. The van der Waals surface area contributed by atoms with Crippen LogP contribution in [0.25, 0.3) is 0 Å². The van der Waals surface area contributed by atoms with E-state index in [1.165, 1.54) is 19.0 Å². The van der Waals surface area contributed by atoms with Gasteiger partial charge < -0.3 is 14.2 Å². The van der Waals surface area contributed by atoms with Crippen LogP contribution in [0.2, 0.25) is 0 Å². The summed E-state index contributed by atoms with van der Waals surface area (Å²) in [6, 6.07) is 0. The molecule has 3 nitrogen and oxygen atoms in total. The molecule has 0 radical (unpaired) electrons. The number of rotatable bonds is 4. The lowest BCUT2D eigenvalue weighted by Gasteiger charge is -2.76. The van der Waals surface area contributed by atoms with Gasteiger partial charge in [-0.15, -0.1) is 9.24 Å². The first-order chi connectivity index (χ1) is 14.3. The minimum Gasteiger partial charge on any atom is -0.343 e. The van der Waals surface area contributed by atoms with Crippen molar-refractivity contribution in [2.24, 2.45) is 23.2 Å². The second-order valence-corrected chi connectivity index (χ2v) is 18.7. The van der Waals surface area contributed by atoms with Crippen LogP contribution in [-0.4, -0.2) is 45.4 Å². The van der Waals surface area contributed by atoms with Crippen molar-refractivity contribution in [2.45, 2.75) is 135 Å². The molecule has 0 aromatic carbocycles. The lowest BCUT2D eigenvalue weighted by Crippen LogP contribution is -2.84. The molecule has 0 aromatic heterocycles. The zero-order valence-electron chi connectivity index (χ0n) is 22.7.